The Bertz CT molecular complexity index is 1130. The van der Waals surface area contributed by atoms with E-state index < -0.39 is 11.8 Å². The minimum absolute atomic E-state index is 0.00760. The van der Waals surface area contributed by atoms with Crippen molar-refractivity contribution in [2.24, 2.45) is 0 Å². The first-order valence-electron chi connectivity index (χ1n) is 12.6. The van der Waals surface area contributed by atoms with Crippen molar-refractivity contribution >= 4 is 17.7 Å². The summed E-state index contributed by atoms with van der Waals surface area (Å²) in [4.78, 5) is 43.7. The van der Waals surface area contributed by atoms with Crippen molar-refractivity contribution in [2.45, 2.75) is 57.8 Å². The van der Waals surface area contributed by atoms with Crippen molar-refractivity contribution in [1.29, 1.82) is 0 Å². The van der Waals surface area contributed by atoms with Crippen LogP contribution >= 0.6 is 0 Å². The number of piperidine rings is 1. The van der Waals surface area contributed by atoms with Gasteiger partial charge in [0.05, 0.1) is 13.7 Å². The van der Waals surface area contributed by atoms with Crippen LogP contribution in [0.25, 0.3) is 0 Å². The maximum Gasteiger partial charge on any atom is 0.257 e. The molecule has 192 valence electrons. The molecule has 2 fully saturated rings. The Morgan fingerprint density at radius 3 is 2.50 bits per heavy atom. The normalized spacial score (nSPS) is 19.7. The maximum atomic E-state index is 13.9. The van der Waals surface area contributed by atoms with Gasteiger partial charge in [0, 0.05) is 43.1 Å². The van der Waals surface area contributed by atoms with E-state index >= 15 is 0 Å². The van der Waals surface area contributed by atoms with Gasteiger partial charge in [0.2, 0.25) is 5.91 Å². The van der Waals surface area contributed by atoms with E-state index in [1.807, 2.05) is 39.0 Å². The summed E-state index contributed by atoms with van der Waals surface area (Å²) in [5.74, 6) is 0.101. The van der Waals surface area contributed by atoms with Crippen LogP contribution in [0, 0.1) is 6.92 Å². The van der Waals surface area contributed by atoms with Gasteiger partial charge in [-0.2, -0.15) is 0 Å². The lowest BCUT2D eigenvalue weighted by atomic mass is 9.95. The number of carbonyl (C=O) groups excluding carboxylic acids is 3. The highest BCUT2D eigenvalue weighted by Crippen LogP contribution is 2.39. The fraction of sp³-hybridized carbons (Fsp3) is 0.464. The zero-order valence-corrected chi connectivity index (χ0v) is 21.5. The van der Waals surface area contributed by atoms with Gasteiger partial charge in [-0.05, 0) is 50.1 Å². The van der Waals surface area contributed by atoms with Crippen LogP contribution in [0.5, 0.6) is 5.75 Å². The van der Waals surface area contributed by atoms with Gasteiger partial charge in [-0.25, -0.2) is 0 Å². The van der Waals surface area contributed by atoms with Crippen LogP contribution in [-0.4, -0.2) is 72.1 Å². The molecule has 2 aliphatic heterocycles. The third-order valence-electron chi connectivity index (χ3n) is 7.31. The Labute approximate surface area is 212 Å². The van der Waals surface area contributed by atoms with Crippen molar-refractivity contribution in [3.8, 4) is 5.75 Å². The van der Waals surface area contributed by atoms with Gasteiger partial charge in [-0.15, -0.1) is 0 Å². The second-order valence-electron chi connectivity index (χ2n) is 9.61. The van der Waals surface area contributed by atoms with E-state index in [2.05, 4.69) is 5.32 Å². The number of rotatable bonds is 6. The molecule has 2 aromatic carbocycles. The number of likely N-dealkylation sites (tertiary alicyclic amines) is 1. The molecule has 3 amide bonds. The van der Waals surface area contributed by atoms with E-state index in [1.165, 1.54) is 0 Å². The lowest BCUT2D eigenvalue weighted by Gasteiger charge is -2.44. The fourth-order valence-electron chi connectivity index (χ4n) is 4.95. The zero-order valence-electron chi connectivity index (χ0n) is 21.5. The van der Waals surface area contributed by atoms with Gasteiger partial charge in [-0.1, -0.05) is 31.2 Å². The van der Waals surface area contributed by atoms with E-state index in [0.717, 1.165) is 12.0 Å². The van der Waals surface area contributed by atoms with E-state index in [0.29, 0.717) is 42.8 Å². The lowest BCUT2D eigenvalue weighted by molar-refractivity contribution is -0.128. The molecular formula is C28H35N3O5. The van der Waals surface area contributed by atoms with Crippen LogP contribution in [-0.2, 0) is 9.53 Å². The number of aryl methyl sites for hydroxylation is 1. The summed E-state index contributed by atoms with van der Waals surface area (Å²) in [5, 5.41) is 3.01. The maximum absolute atomic E-state index is 13.9. The summed E-state index contributed by atoms with van der Waals surface area (Å²) in [5.41, 5.74) is 1.01. The first-order valence-corrected chi connectivity index (χ1v) is 12.6. The Morgan fingerprint density at radius 2 is 1.83 bits per heavy atom. The number of hydrogen-bond donors (Lipinski definition) is 1. The predicted octanol–water partition coefficient (Wildman–Crippen LogP) is 3.39. The first kappa shape index (κ1) is 25.7. The molecule has 2 aromatic rings. The van der Waals surface area contributed by atoms with Gasteiger partial charge < -0.3 is 19.7 Å². The molecule has 0 bridgehead atoms. The number of methoxy groups -OCH3 is 1. The first-order chi connectivity index (χ1) is 17.3. The molecule has 8 nitrogen and oxygen atoms in total. The topological polar surface area (TPSA) is 88.2 Å². The number of nitrogens with zero attached hydrogens (tertiary/aromatic N) is 2. The van der Waals surface area contributed by atoms with Gasteiger partial charge in [0.25, 0.3) is 11.8 Å². The third kappa shape index (κ3) is 4.95. The summed E-state index contributed by atoms with van der Waals surface area (Å²) >= 11 is 0. The quantitative estimate of drug-likeness (QED) is 0.667. The van der Waals surface area contributed by atoms with Crippen molar-refractivity contribution in [3.05, 3.63) is 65.2 Å². The molecule has 0 aromatic heterocycles. The largest absolute Gasteiger partial charge is 0.497 e. The van der Waals surface area contributed by atoms with Crippen LogP contribution in [0.4, 0.5) is 0 Å². The summed E-state index contributed by atoms with van der Waals surface area (Å²) in [6, 6.07) is 13.7. The Hall–Kier alpha value is -3.39. The molecule has 2 saturated heterocycles. The minimum Gasteiger partial charge on any atom is -0.497 e. The molecule has 0 saturated carbocycles. The molecule has 0 aliphatic carbocycles. The van der Waals surface area contributed by atoms with Crippen molar-refractivity contribution < 1.29 is 23.9 Å². The Morgan fingerprint density at radius 1 is 1.11 bits per heavy atom. The van der Waals surface area contributed by atoms with Crippen LogP contribution in [0.15, 0.2) is 48.5 Å². The van der Waals surface area contributed by atoms with Crippen molar-refractivity contribution in [1.82, 2.24) is 15.1 Å². The minimum atomic E-state index is -0.942. The van der Waals surface area contributed by atoms with Crippen molar-refractivity contribution in [2.75, 3.05) is 26.8 Å². The van der Waals surface area contributed by atoms with E-state index in [9.17, 15) is 14.4 Å². The molecule has 4 rings (SSSR count). The molecule has 0 unspecified atom stereocenters. The van der Waals surface area contributed by atoms with Gasteiger partial charge >= 0.3 is 0 Å². The van der Waals surface area contributed by atoms with Gasteiger partial charge in [-0.3, -0.25) is 19.3 Å². The number of nitrogens with one attached hydrogen (secondary N) is 1. The summed E-state index contributed by atoms with van der Waals surface area (Å²) in [6.45, 7) is 6.79. The fourth-order valence-corrected chi connectivity index (χ4v) is 4.95. The predicted molar refractivity (Wildman–Crippen MR) is 136 cm³/mol. The molecular weight excluding hydrogens is 458 g/mol. The number of hydrogen-bond acceptors (Lipinski definition) is 5. The van der Waals surface area contributed by atoms with Crippen LogP contribution in [0.3, 0.4) is 0 Å². The molecule has 8 heteroatoms. The number of carbonyl (C=O) groups is 3. The smallest absolute Gasteiger partial charge is 0.257 e. The highest BCUT2D eigenvalue weighted by atomic mass is 16.5. The van der Waals surface area contributed by atoms with E-state index in [-0.39, 0.29) is 30.4 Å². The highest BCUT2D eigenvalue weighted by Gasteiger charge is 2.54. The number of ether oxygens (including phenoxy) is 2. The molecule has 36 heavy (non-hydrogen) atoms. The lowest BCUT2D eigenvalue weighted by Crippen LogP contribution is -2.60. The average molecular weight is 494 g/mol. The standard InChI is InChI=1S/C28H35N3O5/c1-5-20(3)29-25(32)24-18-36-28(31(24)27(34)23-12-7-6-9-19(23)2)13-15-30(16-14-28)26(33)21-10-8-11-22(17-21)35-4/h6-12,17,20,24H,5,13-16,18H2,1-4H3,(H,29,32)/t20-,24-/m0/s1. The van der Waals surface area contributed by atoms with Crippen molar-refractivity contribution in [3.63, 3.8) is 0 Å². The number of amides is 3. The second kappa shape index (κ2) is 10.7. The summed E-state index contributed by atoms with van der Waals surface area (Å²) in [7, 11) is 1.57. The summed E-state index contributed by atoms with van der Waals surface area (Å²) in [6.07, 6.45) is 1.64. The van der Waals surface area contributed by atoms with E-state index in [4.69, 9.17) is 9.47 Å². The SMILES string of the molecule is CC[C@H](C)NC(=O)[C@@H]1COC2(CCN(C(=O)c3cccc(OC)c3)CC2)N1C(=O)c1ccccc1C. The number of benzene rings is 2. The molecule has 0 radical (unpaired) electrons. The van der Waals surface area contributed by atoms with Crippen LogP contribution in [0.2, 0.25) is 0 Å². The Kier molecular flexibility index (Phi) is 7.64. The second-order valence-corrected chi connectivity index (χ2v) is 9.61. The Balaban J connectivity index is 1.58. The highest BCUT2D eigenvalue weighted by molar-refractivity contribution is 5.99. The zero-order chi connectivity index (χ0) is 25.9. The monoisotopic (exact) mass is 493 g/mol. The van der Waals surface area contributed by atoms with E-state index in [1.54, 1.807) is 47.2 Å². The van der Waals surface area contributed by atoms with Gasteiger partial charge in [0.15, 0.2) is 0 Å². The summed E-state index contributed by atoms with van der Waals surface area (Å²) < 4.78 is 11.5. The molecule has 2 heterocycles. The molecule has 2 atom stereocenters. The van der Waals surface area contributed by atoms with Gasteiger partial charge in [0.1, 0.15) is 17.5 Å². The molecule has 1 spiro atoms. The molecule has 1 N–H and O–H groups in total. The third-order valence-corrected chi connectivity index (χ3v) is 7.31. The van der Waals surface area contributed by atoms with Crippen LogP contribution in [0.1, 0.15) is 59.4 Å². The van der Waals surface area contributed by atoms with Crippen LogP contribution < -0.4 is 10.1 Å². The molecule has 2 aliphatic rings. The average Bonchev–Trinajstić information content (AvgIpc) is 3.27.